The van der Waals surface area contributed by atoms with Crippen LogP contribution >= 0.6 is 11.6 Å². The van der Waals surface area contributed by atoms with Crippen LogP contribution in [-0.2, 0) is 18.3 Å². The molecule has 0 fully saturated rings. The molecular formula is C12H16ClN5O2. The average Bonchev–Trinajstić information content (AvgIpc) is 2.86. The number of carbonyl (C=O) groups is 1. The number of halogens is 1. The Kier molecular flexibility index (Phi) is 4.08. The first-order chi connectivity index (χ1) is 9.45. The minimum Gasteiger partial charge on any atom is -0.461 e. The SMILES string of the molecule is CCOC(=O)c1nnn(Cc2c(C)nn(C)c2Cl)c1C. The van der Waals surface area contributed by atoms with Gasteiger partial charge in [-0.1, -0.05) is 16.8 Å². The molecule has 0 amide bonds. The van der Waals surface area contributed by atoms with Crippen LogP contribution in [0.5, 0.6) is 0 Å². The van der Waals surface area contributed by atoms with Gasteiger partial charge >= 0.3 is 5.97 Å². The van der Waals surface area contributed by atoms with E-state index in [0.717, 1.165) is 11.3 Å². The third kappa shape index (κ3) is 2.53. The van der Waals surface area contributed by atoms with E-state index in [1.807, 2.05) is 6.92 Å². The molecule has 0 saturated heterocycles. The second-order valence-electron chi connectivity index (χ2n) is 4.38. The summed E-state index contributed by atoms with van der Waals surface area (Å²) in [4.78, 5) is 11.7. The van der Waals surface area contributed by atoms with Crippen LogP contribution in [0.15, 0.2) is 0 Å². The number of hydrogen-bond acceptors (Lipinski definition) is 5. The molecule has 108 valence electrons. The summed E-state index contributed by atoms with van der Waals surface area (Å²) in [7, 11) is 1.77. The first-order valence-corrected chi connectivity index (χ1v) is 6.58. The van der Waals surface area contributed by atoms with Gasteiger partial charge in [0.2, 0.25) is 0 Å². The fourth-order valence-corrected chi connectivity index (χ4v) is 2.14. The molecule has 0 N–H and O–H groups in total. The molecule has 2 aromatic heterocycles. The van der Waals surface area contributed by atoms with Crippen molar-refractivity contribution in [3.63, 3.8) is 0 Å². The Morgan fingerprint density at radius 2 is 2.10 bits per heavy atom. The second kappa shape index (κ2) is 5.62. The zero-order valence-corrected chi connectivity index (χ0v) is 12.6. The number of esters is 1. The van der Waals surface area contributed by atoms with E-state index in [-0.39, 0.29) is 5.69 Å². The molecule has 0 bridgehead atoms. The fourth-order valence-electron chi connectivity index (χ4n) is 1.90. The van der Waals surface area contributed by atoms with Gasteiger partial charge in [-0.25, -0.2) is 9.48 Å². The lowest BCUT2D eigenvalue weighted by molar-refractivity contribution is 0.0518. The highest BCUT2D eigenvalue weighted by molar-refractivity contribution is 6.30. The quantitative estimate of drug-likeness (QED) is 0.800. The molecule has 0 aliphatic heterocycles. The molecule has 0 atom stereocenters. The van der Waals surface area contributed by atoms with E-state index in [1.54, 1.807) is 30.3 Å². The maximum Gasteiger partial charge on any atom is 0.360 e. The normalized spacial score (nSPS) is 10.8. The summed E-state index contributed by atoms with van der Waals surface area (Å²) in [6.45, 7) is 6.11. The molecule has 2 aromatic rings. The molecule has 0 aliphatic carbocycles. The van der Waals surface area contributed by atoms with E-state index in [9.17, 15) is 4.79 Å². The van der Waals surface area contributed by atoms with Crippen molar-refractivity contribution in [2.45, 2.75) is 27.3 Å². The summed E-state index contributed by atoms with van der Waals surface area (Å²) >= 11 is 6.18. The predicted octanol–water partition coefficient (Wildman–Crippen LogP) is 1.51. The molecule has 0 aromatic carbocycles. The lowest BCUT2D eigenvalue weighted by atomic mass is 10.2. The molecule has 0 radical (unpaired) electrons. The third-order valence-corrected chi connectivity index (χ3v) is 3.50. The number of ether oxygens (including phenoxy) is 1. The minimum atomic E-state index is -0.467. The van der Waals surface area contributed by atoms with Crippen LogP contribution in [0.3, 0.4) is 0 Å². The number of rotatable bonds is 4. The van der Waals surface area contributed by atoms with Crippen molar-refractivity contribution >= 4 is 17.6 Å². The molecule has 0 spiro atoms. The summed E-state index contributed by atoms with van der Waals surface area (Å²) in [6, 6.07) is 0. The van der Waals surface area contributed by atoms with Crippen molar-refractivity contribution in [2.24, 2.45) is 7.05 Å². The Morgan fingerprint density at radius 1 is 1.40 bits per heavy atom. The maximum absolute atomic E-state index is 11.7. The van der Waals surface area contributed by atoms with Gasteiger partial charge in [0.1, 0.15) is 5.15 Å². The number of nitrogens with zero attached hydrogens (tertiary/aromatic N) is 5. The van der Waals surface area contributed by atoms with Crippen molar-refractivity contribution in [3.8, 4) is 0 Å². The largest absolute Gasteiger partial charge is 0.461 e. The fraction of sp³-hybridized carbons (Fsp3) is 0.500. The van der Waals surface area contributed by atoms with Crippen molar-refractivity contribution < 1.29 is 9.53 Å². The molecule has 7 nitrogen and oxygen atoms in total. The summed E-state index contributed by atoms with van der Waals surface area (Å²) in [5.74, 6) is -0.467. The topological polar surface area (TPSA) is 74.8 Å². The number of hydrogen-bond donors (Lipinski definition) is 0. The van der Waals surface area contributed by atoms with Crippen LogP contribution < -0.4 is 0 Å². The monoisotopic (exact) mass is 297 g/mol. The minimum absolute atomic E-state index is 0.226. The van der Waals surface area contributed by atoms with E-state index in [0.29, 0.717) is 24.0 Å². The lowest BCUT2D eigenvalue weighted by Crippen LogP contribution is -2.09. The molecule has 0 saturated carbocycles. The second-order valence-corrected chi connectivity index (χ2v) is 4.74. The van der Waals surface area contributed by atoms with Gasteiger partial charge in [0.05, 0.1) is 24.5 Å². The van der Waals surface area contributed by atoms with Gasteiger partial charge in [0.15, 0.2) is 5.69 Å². The standard InChI is InChI=1S/C12H16ClN5O2/c1-5-20-12(19)10-8(3)18(16-14-10)6-9-7(2)15-17(4)11(9)13/h5-6H2,1-4H3. The van der Waals surface area contributed by atoms with Gasteiger partial charge in [0.25, 0.3) is 0 Å². The van der Waals surface area contributed by atoms with Crippen molar-refractivity contribution in [1.29, 1.82) is 0 Å². The first kappa shape index (κ1) is 14.5. The maximum atomic E-state index is 11.7. The summed E-state index contributed by atoms with van der Waals surface area (Å²) in [5.41, 5.74) is 2.55. The van der Waals surface area contributed by atoms with E-state index in [4.69, 9.17) is 16.3 Å². The summed E-state index contributed by atoms with van der Waals surface area (Å²) in [6.07, 6.45) is 0. The Morgan fingerprint density at radius 3 is 2.65 bits per heavy atom. The van der Waals surface area contributed by atoms with E-state index in [1.165, 1.54) is 0 Å². The highest BCUT2D eigenvalue weighted by Crippen LogP contribution is 2.20. The number of aromatic nitrogens is 5. The number of aryl methyl sites for hydroxylation is 2. The van der Waals surface area contributed by atoms with E-state index in [2.05, 4.69) is 15.4 Å². The Bertz CT molecular complexity index is 647. The highest BCUT2D eigenvalue weighted by atomic mass is 35.5. The van der Waals surface area contributed by atoms with Gasteiger partial charge < -0.3 is 4.74 Å². The smallest absolute Gasteiger partial charge is 0.360 e. The average molecular weight is 298 g/mol. The van der Waals surface area contributed by atoms with E-state index >= 15 is 0 Å². The van der Waals surface area contributed by atoms with Crippen LogP contribution in [0.25, 0.3) is 0 Å². The highest BCUT2D eigenvalue weighted by Gasteiger charge is 2.19. The molecule has 2 rings (SSSR count). The van der Waals surface area contributed by atoms with Crippen molar-refractivity contribution in [2.75, 3.05) is 6.61 Å². The molecule has 2 heterocycles. The lowest BCUT2D eigenvalue weighted by Gasteiger charge is -2.04. The van der Waals surface area contributed by atoms with Gasteiger partial charge in [-0.15, -0.1) is 5.10 Å². The summed E-state index contributed by atoms with van der Waals surface area (Å²) < 4.78 is 8.14. The van der Waals surface area contributed by atoms with E-state index < -0.39 is 5.97 Å². The molecule has 0 unspecified atom stereocenters. The third-order valence-electron chi connectivity index (χ3n) is 3.03. The Labute approximate surface area is 121 Å². The predicted molar refractivity (Wildman–Crippen MR) is 72.8 cm³/mol. The van der Waals surface area contributed by atoms with Crippen molar-refractivity contribution in [3.05, 3.63) is 27.8 Å². The first-order valence-electron chi connectivity index (χ1n) is 6.20. The number of carbonyl (C=O) groups excluding carboxylic acids is 1. The zero-order chi connectivity index (χ0) is 14.9. The molecule has 8 heteroatoms. The zero-order valence-electron chi connectivity index (χ0n) is 11.8. The van der Waals surface area contributed by atoms with Gasteiger partial charge in [0, 0.05) is 12.6 Å². The van der Waals surface area contributed by atoms with Crippen LogP contribution in [0.4, 0.5) is 0 Å². The molecule has 20 heavy (non-hydrogen) atoms. The van der Waals surface area contributed by atoms with Crippen molar-refractivity contribution in [1.82, 2.24) is 24.8 Å². The molecular weight excluding hydrogens is 282 g/mol. The Balaban J connectivity index is 2.29. The van der Waals surface area contributed by atoms with Gasteiger partial charge in [-0.2, -0.15) is 5.10 Å². The van der Waals surface area contributed by atoms with Crippen LogP contribution in [0.2, 0.25) is 5.15 Å². The van der Waals surface area contributed by atoms with Crippen LogP contribution in [0, 0.1) is 13.8 Å². The summed E-state index contributed by atoms with van der Waals surface area (Å²) in [5, 5.41) is 12.6. The van der Waals surface area contributed by atoms with Crippen LogP contribution in [-0.4, -0.2) is 37.4 Å². The van der Waals surface area contributed by atoms with Gasteiger partial charge in [-0.3, -0.25) is 4.68 Å². The Hall–Kier alpha value is -1.89. The molecule has 0 aliphatic rings. The van der Waals surface area contributed by atoms with Gasteiger partial charge in [-0.05, 0) is 20.8 Å². The van der Waals surface area contributed by atoms with Crippen LogP contribution in [0.1, 0.15) is 34.4 Å².